The van der Waals surface area contributed by atoms with E-state index in [2.05, 4.69) is 52.8 Å². The predicted molar refractivity (Wildman–Crippen MR) is 73.9 cm³/mol. The highest BCUT2D eigenvalue weighted by Gasteiger charge is 2.30. The molecule has 0 radical (unpaired) electrons. The predicted octanol–water partition coefficient (Wildman–Crippen LogP) is 3.35. The number of amides is 1. The van der Waals surface area contributed by atoms with Crippen LogP contribution < -0.4 is 4.90 Å². The number of rotatable bonds is 2. The van der Waals surface area contributed by atoms with Gasteiger partial charge in [-0.1, -0.05) is 15.9 Å². The molecule has 1 atom stereocenters. The van der Waals surface area contributed by atoms with Gasteiger partial charge in [-0.3, -0.25) is 4.79 Å². The minimum absolute atomic E-state index is 0.175. The molecule has 0 N–H and O–H groups in total. The molecule has 1 unspecified atom stereocenters. The molecular weight excluding hydrogens is 404 g/mol. The Morgan fingerprint density at radius 2 is 2.00 bits per heavy atom. The van der Waals surface area contributed by atoms with E-state index in [1.807, 2.05) is 17.0 Å². The number of nitrogens with zero attached hydrogens (tertiary/aromatic N) is 2. The summed E-state index contributed by atoms with van der Waals surface area (Å²) in [6.07, 6.45) is 0.614. The minimum atomic E-state index is 0.175. The van der Waals surface area contributed by atoms with Gasteiger partial charge in [0.15, 0.2) is 0 Å². The lowest BCUT2D eigenvalue weighted by Gasteiger charge is -2.16. The van der Waals surface area contributed by atoms with E-state index in [4.69, 9.17) is 0 Å². The van der Waals surface area contributed by atoms with Crippen LogP contribution in [0.2, 0.25) is 0 Å². The highest BCUT2D eigenvalue weighted by atomic mass is 79.9. The second kappa shape index (κ2) is 5.14. The maximum absolute atomic E-state index is 11.8. The third-order valence-corrected chi connectivity index (χ3v) is 4.21. The molecule has 1 aliphatic heterocycles. The van der Waals surface area contributed by atoms with Gasteiger partial charge in [0.1, 0.15) is 9.21 Å². The fraction of sp³-hybridized carbons (Fsp3) is 0.400. The van der Waals surface area contributed by atoms with Crippen molar-refractivity contribution in [3.05, 3.63) is 21.3 Å². The maximum Gasteiger partial charge on any atom is 0.227 e. The van der Waals surface area contributed by atoms with Gasteiger partial charge in [-0.25, -0.2) is 4.98 Å². The fourth-order valence-electron chi connectivity index (χ4n) is 1.74. The summed E-state index contributed by atoms with van der Waals surface area (Å²) in [6, 6.07) is 3.72. The molecule has 0 aliphatic carbocycles. The average Bonchev–Trinajstić information content (AvgIpc) is 2.58. The van der Waals surface area contributed by atoms with Gasteiger partial charge in [-0.2, -0.15) is 0 Å². The number of carbonyl (C=O) groups is 1. The molecule has 0 bridgehead atoms. The van der Waals surface area contributed by atoms with Gasteiger partial charge in [-0.15, -0.1) is 0 Å². The normalized spacial score (nSPS) is 20.6. The Labute approximate surface area is 119 Å². The number of aromatic nitrogens is 1. The lowest BCUT2D eigenvalue weighted by molar-refractivity contribution is -0.117. The van der Waals surface area contributed by atoms with Crippen molar-refractivity contribution in [1.29, 1.82) is 0 Å². The van der Waals surface area contributed by atoms with Crippen molar-refractivity contribution in [3.63, 3.8) is 0 Å². The van der Waals surface area contributed by atoms with Crippen molar-refractivity contribution in [1.82, 2.24) is 4.98 Å². The summed E-state index contributed by atoms with van der Waals surface area (Å²) >= 11 is 10.1. The highest BCUT2D eigenvalue weighted by molar-refractivity contribution is 9.11. The number of alkyl halides is 1. The van der Waals surface area contributed by atoms with Crippen LogP contribution in [-0.2, 0) is 4.79 Å². The molecule has 1 fully saturated rings. The Bertz CT molecular complexity index is 404. The minimum Gasteiger partial charge on any atom is -0.312 e. The smallest absolute Gasteiger partial charge is 0.227 e. The van der Waals surface area contributed by atoms with Gasteiger partial charge < -0.3 is 4.90 Å². The number of carbonyl (C=O) groups excluding carboxylic acids is 1. The van der Waals surface area contributed by atoms with E-state index < -0.39 is 0 Å². The molecule has 3 nitrogen and oxygen atoms in total. The van der Waals surface area contributed by atoms with E-state index >= 15 is 0 Å². The van der Waals surface area contributed by atoms with Crippen molar-refractivity contribution in [2.45, 2.75) is 6.42 Å². The Hall–Kier alpha value is 0.0600. The van der Waals surface area contributed by atoms with Crippen LogP contribution in [0.15, 0.2) is 21.3 Å². The molecule has 0 saturated carbocycles. The first-order valence-electron chi connectivity index (χ1n) is 4.79. The third-order valence-electron chi connectivity index (χ3n) is 2.48. The van der Waals surface area contributed by atoms with E-state index in [9.17, 15) is 4.79 Å². The Morgan fingerprint density at radius 3 is 2.50 bits per heavy atom. The number of anilines is 1. The second-order valence-electron chi connectivity index (χ2n) is 3.70. The number of halogens is 3. The van der Waals surface area contributed by atoms with Crippen molar-refractivity contribution < 1.29 is 4.79 Å². The molecule has 1 aromatic heterocycles. The first kappa shape index (κ1) is 12.5. The van der Waals surface area contributed by atoms with Crippen LogP contribution in [0.5, 0.6) is 0 Å². The zero-order valence-electron chi connectivity index (χ0n) is 8.29. The Kier molecular flexibility index (Phi) is 4.02. The van der Waals surface area contributed by atoms with Crippen LogP contribution in [0.3, 0.4) is 0 Å². The SMILES string of the molecule is O=C1CC(CBr)CN1c1cc(Br)nc(Br)c1. The lowest BCUT2D eigenvalue weighted by atomic mass is 10.2. The first-order chi connectivity index (χ1) is 7.60. The standard InChI is InChI=1S/C10H9Br3N2O/c11-4-6-1-10(16)15(5-6)7-2-8(12)14-9(13)3-7/h2-3,6H,1,4-5H2. The number of hydrogen-bond donors (Lipinski definition) is 0. The molecule has 1 amide bonds. The highest BCUT2D eigenvalue weighted by Crippen LogP contribution is 2.29. The van der Waals surface area contributed by atoms with Crippen molar-refractivity contribution >= 4 is 59.4 Å². The molecule has 0 aromatic carbocycles. The van der Waals surface area contributed by atoms with E-state index in [0.717, 1.165) is 26.8 Å². The van der Waals surface area contributed by atoms with Gasteiger partial charge in [-0.05, 0) is 49.9 Å². The number of pyridine rings is 1. The van der Waals surface area contributed by atoms with E-state index in [-0.39, 0.29) is 5.91 Å². The summed E-state index contributed by atoms with van der Waals surface area (Å²) in [4.78, 5) is 17.8. The third kappa shape index (κ3) is 2.65. The van der Waals surface area contributed by atoms with E-state index in [0.29, 0.717) is 12.3 Å². The summed E-state index contributed by atoms with van der Waals surface area (Å²) < 4.78 is 1.46. The van der Waals surface area contributed by atoms with Gasteiger partial charge >= 0.3 is 0 Å². The van der Waals surface area contributed by atoms with E-state index in [1.165, 1.54) is 0 Å². The summed E-state index contributed by atoms with van der Waals surface area (Å²) in [7, 11) is 0. The van der Waals surface area contributed by atoms with Crippen LogP contribution in [0, 0.1) is 5.92 Å². The zero-order chi connectivity index (χ0) is 11.7. The molecule has 1 aromatic rings. The fourth-order valence-corrected chi connectivity index (χ4v) is 3.27. The van der Waals surface area contributed by atoms with Crippen molar-refractivity contribution in [3.8, 4) is 0 Å². The van der Waals surface area contributed by atoms with Crippen LogP contribution in [-0.4, -0.2) is 22.8 Å². The maximum atomic E-state index is 11.8. The quantitative estimate of drug-likeness (QED) is 0.551. The molecule has 16 heavy (non-hydrogen) atoms. The van der Waals surface area contributed by atoms with Crippen LogP contribution in [0.1, 0.15) is 6.42 Å². The van der Waals surface area contributed by atoms with Crippen LogP contribution >= 0.6 is 47.8 Å². The largest absolute Gasteiger partial charge is 0.312 e. The van der Waals surface area contributed by atoms with Gasteiger partial charge in [0.2, 0.25) is 5.91 Å². The summed E-state index contributed by atoms with van der Waals surface area (Å²) in [5.41, 5.74) is 0.891. The van der Waals surface area contributed by atoms with Gasteiger partial charge in [0.25, 0.3) is 0 Å². The second-order valence-corrected chi connectivity index (χ2v) is 5.97. The molecule has 86 valence electrons. The Balaban J connectivity index is 2.27. The Morgan fingerprint density at radius 1 is 1.38 bits per heavy atom. The monoisotopic (exact) mass is 410 g/mol. The summed E-state index contributed by atoms with van der Waals surface area (Å²) in [5, 5.41) is 0.864. The van der Waals surface area contributed by atoms with Gasteiger partial charge in [0.05, 0.1) is 0 Å². The van der Waals surface area contributed by atoms with Crippen LogP contribution in [0.25, 0.3) is 0 Å². The average molecular weight is 413 g/mol. The van der Waals surface area contributed by atoms with Gasteiger partial charge in [0, 0.05) is 24.0 Å². The molecule has 2 rings (SSSR count). The lowest BCUT2D eigenvalue weighted by Crippen LogP contribution is -2.24. The molecular formula is C10H9Br3N2O. The topological polar surface area (TPSA) is 33.2 Å². The molecule has 1 saturated heterocycles. The van der Waals surface area contributed by atoms with Crippen molar-refractivity contribution in [2.24, 2.45) is 5.92 Å². The molecule has 1 aliphatic rings. The summed E-state index contributed by atoms with van der Waals surface area (Å²) in [6.45, 7) is 0.771. The first-order valence-corrected chi connectivity index (χ1v) is 7.50. The van der Waals surface area contributed by atoms with Crippen LogP contribution in [0.4, 0.5) is 5.69 Å². The molecule has 2 heterocycles. The molecule has 6 heteroatoms. The molecule has 0 spiro atoms. The number of hydrogen-bond acceptors (Lipinski definition) is 2. The summed E-state index contributed by atoms with van der Waals surface area (Å²) in [5.74, 6) is 0.577. The van der Waals surface area contributed by atoms with E-state index in [1.54, 1.807) is 0 Å². The zero-order valence-corrected chi connectivity index (χ0v) is 13.0. The van der Waals surface area contributed by atoms with Crippen molar-refractivity contribution in [2.75, 3.05) is 16.8 Å².